The summed E-state index contributed by atoms with van der Waals surface area (Å²) in [6, 6.07) is 31.6. The highest BCUT2D eigenvalue weighted by Gasteiger charge is 2.25. The van der Waals surface area contributed by atoms with Crippen LogP contribution in [0.5, 0.6) is 0 Å². The second-order valence-electron chi connectivity index (χ2n) is 8.45. The minimum Gasteiger partial charge on any atom is -0.340 e. The third kappa shape index (κ3) is 1.97. The summed E-state index contributed by atoms with van der Waals surface area (Å²) in [4.78, 5) is 0. The molecule has 0 radical (unpaired) electrons. The van der Waals surface area contributed by atoms with Crippen molar-refractivity contribution in [1.82, 2.24) is 4.57 Å². The van der Waals surface area contributed by atoms with Gasteiger partial charge in [0.25, 0.3) is 0 Å². The Labute approximate surface area is 175 Å². The van der Waals surface area contributed by atoms with E-state index in [1.165, 1.54) is 65.6 Å². The molecule has 1 aliphatic rings. The van der Waals surface area contributed by atoms with Crippen LogP contribution in [0.2, 0.25) is 0 Å². The maximum atomic E-state index is 2.51. The summed E-state index contributed by atoms with van der Waals surface area (Å²) < 4.78 is 2.51. The van der Waals surface area contributed by atoms with Crippen LogP contribution in [-0.4, -0.2) is 4.57 Å². The Morgan fingerprint density at radius 3 is 2.30 bits per heavy atom. The van der Waals surface area contributed by atoms with Crippen molar-refractivity contribution in [1.29, 1.82) is 0 Å². The molecule has 0 bridgehead atoms. The van der Waals surface area contributed by atoms with E-state index in [0.717, 1.165) is 13.0 Å². The molecule has 1 heterocycles. The molecule has 30 heavy (non-hydrogen) atoms. The first-order valence-corrected chi connectivity index (χ1v) is 10.8. The number of aromatic nitrogens is 1. The molecule has 0 spiro atoms. The van der Waals surface area contributed by atoms with E-state index in [2.05, 4.69) is 96.4 Å². The van der Waals surface area contributed by atoms with Crippen molar-refractivity contribution >= 4 is 43.4 Å². The summed E-state index contributed by atoms with van der Waals surface area (Å²) in [7, 11) is 0. The molecule has 0 saturated carbocycles. The van der Waals surface area contributed by atoms with E-state index in [4.69, 9.17) is 0 Å². The molecule has 0 N–H and O–H groups in total. The maximum absolute atomic E-state index is 2.51. The fourth-order valence-corrected chi connectivity index (χ4v) is 5.66. The number of rotatable bonds is 1. The quantitative estimate of drug-likeness (QED) is 0.274. The van der Waals surface area contributed by atoms with Gasteiger partial charge in [-0.3, -0.25) is 0 Å². The summed E-state index contributed by atoms with van der Waals surface area (Å²) >= 11 is 0. The summed E-state index contributed by atoms with van der Waals surface area (Å²) in [5.74, 6) is 0. The lowest BCUT2D eigenvalue weighted by atomic mass is 9.96. The minimum atomic E-state index is 0.970. The van der Waals surface area contributed by atoms with E-state index in [9.17, 15) is 0 Å². The van der Waals surface area contributed by atoms with Crippen molar-refractivity contribution in [3.05, 3.63) is 96.1 Å². The van der Waals surface area contributed by atoms with Crippen molar-refractivity contribution in [2.45, 2.75) is 19.9 Å². The summed E-state index contributed by atoms with van der Waals surface area (Å²) in [5.41, 5.74) is 8.49. The third-order valence-electron chi connectivity index (χ3n) is 6.94. The highest BCUT2D eigenvalue weighted by atomic mass is 15.0. The Bertz CT molecular complexity index is 1650. The smallest absolute Gasteiger partial charge is 0.0571 e. The van der Waals surface area contributed by atoms with Crippen molar-refractivity contribution in [3.8, 4) is 11.1 Å². The first-order valence-electron chi connectivity index (χ1n) is 10.8. The molecular weight excluding hydrogens is 362 g/mol. The molecule has 142 valence electrons. The van der Waals surface area contributed by atoms with Crippen LogP contribution in [-0.2, 0) is 13.0 Å². The van der Waals surface area contributed by atoms with Gasteiger partial charge in [0.15, 0.2) is 0 Å². The molecule has 0 amide bonds. The largest absolute Gasteiger partial charge is 0.340 e. The molecule has 0 aliphatic heterocycles. The highest BCUT2D eigenvalue weighted by Crippen LogP contribution is 2.47. The number of nitrogens with zero attached hydrogens (tertiary/aromatic N) is 1. The molecule has 0 unspecified atom stereocenters. The molecule has 0 fully saturated rings. The SMILES string of the molecule is CCn1c2ccc3c(c2c2ccc4ccccc4c21)-c1cc2ccccc2cc1C3. The first-order chi connectivity index (χ1) is 14.8. The second kappa shape index (κ2) is 5.73. The van der Waals surface area contributed by atoms with Gasteiger partial charge in [0.05, 0.1) is 5.52 Å². The number of aryl methyl sites for hydroxylation is 1. The molecule has 5 aromatic carbocycles. The van der Waals surface area contributed by atoms with Crippen LogP contribution in [0.25, 0.3) is 54.5 Å². The lowest BCUT2D eigenvalue weighted by Gasteiger charge is -2.07. The number of fused-ring (bicyclic) bond motifs is 10. The van der Waals surface area contributed by atoms with Gasteiger partial charge in [-0.1, -0.05) is 72.8 Å². The Morgan fingerprint density at radius 1 is 0.700 bits per heavy atom. The molecule has 1 heteroatoms. The van der Waals surface area contributed by atoms with Gasteiger partial charge >= 0.3 is 0 Å². The molecular formula is C29H21N. The fourth-order valence-electron chi connectivity index (χ4n) is 5.66. The van der Waals surface area contributed by atoms with Gasteiger partial charge in [0.1, 0.15) is 0 Å². The van der Waals surface area contributed by atoms with Crippen LogP contribution in [0.15, 0.2) is 84.9 Å². The topological polar surface area (TPSA) is 4.93 Å². The van der Waals surface area contributed by atoms with E-state index >= 15 is 0 Å². The molecule has 0 atom stereocenters. The van der Waals surface area contributed by atoms with Gasteiger partial charge < -0.3 is 4.57 Å². The standard InChI is InChI=1S/C29H21N/c1-2-30-26-14-12-21-16-22-15-19-8-3-4-9-20(19)17-25(22)27(21)28(26)24-13-11-18-7-5-6-10-23(18)29(24)30/h3-15,17H,2,16H2,1H3. The Balaban J connectivity index is 1.68. The van der Waals surface area contributed by atoms with Crippen LogP contribution >= 0.6 is 0 Å². The summed E-state index contributed by atoms with van der Waals surface area (Å²) in [6.07, 6.45) is 1.03. The van der Waals surface area contributed by atoms with Gasteiger partial charge in [0, 0.05) is 28.2 Å². The number of benzene rings is 5. The molecule has 1 aliphatic carbocycles. The van der Waals surface area contributed by atoms with Crippen LogP contribution in [0, 0.1) is 0 Å². The van der Waals surface area contributed by atoms with E-state index in [0.29, 0.717) is 0 Å². The average molecular weight is 383 g/mol. The number of hydrogen-bond acceptors (Lipinski definition) is 0. The maximum Gasteiger partial charge on any atom is 0.0571 e. The van der Waals surface area contributed by atoms with Gasteiger partial charge in [0.2, 0.25) is 0 Å². The monoisotopic (exact) mass is 383 g/mol. The molecule has 1 nitrogen and oxygen atoms in total. The van der Waals surface area contributed by atoms with Gasteiger partial charge in [-0.05, 0) is 63.9 Å². The Kier molecular flexibility index (Phi) is 3.10. The average Bonchev–Trinajstić information content (AvgIpc) is 3.32. The van der Waals surface area contributed by atoms with Crippen LogP contribution in [0.3, 0.4) is 0 Å². The predicted octanol–water partition coefficient (Wildman–Crippen LogP) is 7.69. The van der Waals surface area contributed by atoms with Gasteiger partial charge in [-0.15, -0.1) is 0 Å². The first kappa shape index (κ1) is 16.2. The van der Waals surface area contributed by atoms with Crippen molar-refractivity contribution in [2.24, 2.45) is 0 Å². The van der Waals surface area contributed by atoms with Gasteiger partial charge in [-0.25, -0.2) is 0 Å². The highest BCUT2D eigenvalue weighted by molar-refractivity contribution is 6.22. The Morgan fingerprint density at radius 2 is 1.47 bits per heavy atom. The lowest BCUT2D eigenvalue weighted by molar-refractivity contribution is 0.829. The van der Waals surface area contributed by atoms with Crippen molar-refractivity contribution in [3.63, 3.8) is 0 Å². The predicted molar refractivity (Wildman–Crippen MR) is 128 cm³/mol. The zero-order valence-electron chi connectivity index (χ0n) is 16.9. The minimum absolute atomic E-state index is 0.970. The zero-order valence-corrected chi connectivity index (χ0v) is 16.9. The normalized spacial score (nSPS) is 12.8. The molecule has 7 rings (SSSR count). The third-order valence-corrected chi connectivity index (χ3v) is 6.94. The molecule has 0 saturated heterocycles. The lowest BCUT2D eigenvalue weighted by Crippen LogP contribution is -1.94. The van der Waals surface area contributed by atoms with E-state index < -0.39 is 0 Å². The van der Waals surface area contributed by atoms with E-state index in [1.807, 2.05) is 0 Å². The zero-order chi connectivity index (χ0) is 19.8. The van der Waals surface area contributed by atoms with Crippen LogP contribution in [0.1, 0.15) is 18.1 Å². The Hall–Kier alpha value is -3.58. The van der Waals surface area contributed by atoms with Gasteiger partial charge in [-0.2, -0.15) is 0 Å². The van der Waals surface area contributed by atoms with E-state index in [-0.39, 0.29) is 0 Å². The van der Waals surface area contributed by atoms with E-state index in [1.54, 1.807) is 0 Å². The van der Waals surface area contributed by atoms with Crippen LogP contribution < -0.4 is 0 Å². The summed E-state index contributed by atoms with van der Waals surface area (Å²) in [5, 5.41) is 8.12. The second-order valence-corrected chi connectivity index (χ2v) is 8.45. The fraction of sp³-hybridized carbons (Fsp3) is 0.103. The molecule has 6 aromatic rings. The van der Waals surface area contributed by atoms with Crippen molar-refractivity contribution < 1.29 is 0 Å². The van der Waals surface area contributed by atoms with Crippen molar-refractivity contribution in [2.75, 3.05) is 0 Å². The summed E-state index contributed by atoms with van der Waals surface area (Å²) in [6.45, 7) is 3.23. The molecule has 1 aromatic heterocycles. The number of hydrogen-bond donors (Lipinski definition) is 0. The van der Waals surface area contributed by atoms with Crippen LogP contribution in [0.4, 0.5) is 0 Å².